The lowest BCUT2D eigenvalue weighted by Gasteiger charge is -2.25. The molecule has 2 aliphatic carbocycles. The first-order valence-corrected chi connectivity index (χ1v) is 18.2. The van der Waals surface area contributed by atoms with E-state index in [0.717, 1.165) is 78.9 Å². The normalized spacial score (nSPS) is 15.0. The summed E-state index contributed by atoms with van der Waals surface area (Å²) in [5.41, 5.74) is 12.9. The molecule has 0 spiro atoms. The molecule has 9 aromatic rings. The van der Waals surface area contributed by atoms with Crippen LogP contribution >= 0.6 is 0 Å². The van der Waals surface area contributed by atoms with Crippen LogP contribution in [-0.2, 0) is 5.41 Å². The molecule has 250 valence electrons. The Bertz CT molecular complexity index is 3160. The Hall–Kier alpha value is -6.77. The fourth-order valence-corrected chi connectivity index (χ4v) is 9.04. The van der Waals surface area contributed by atoms with Crippen LogP contribution in [0.25, 0.3) is 82.7 Å². The molecule has 5 nitrogen and oxygen atoms in total. The van der Waals surface area contributed by atoms with Crippen LogP contribution in [-0.4, -0.2) is 14.5 Å². The molecule has 11 rings (SSSR count). The number of allylic oxidation sites excluding steroid dienone is 4. The fourth-order valence-electron chi connectivity index (χ4n) is 9.04. The van der Waals surface area contributed by atoms with Crippen molar-refractivity contribution < 1.29 is 4.42 Å². The third kappa shape index (κ3) is 4.24. The van der Waals surface area contributed by atoms with Gasteiger partial charge in [0.1, 0.15) is 11.7 Å². The molecule has 0 bridgehead atoms. The van der Waals surface area contributed by atoms with Gasteiger partial charge in [-0.25, -0.2) is 4.98 Å². The van der Waals surface area contributed by atoms with E-state index in [2.05, 4.69) is 134 Å². The molecule has 3 heterocycles. The second-order valence-corrected chi connectivity index (χ2v) is 14.8. The summed E-state index contributed by atoms with van der Waals surface area (Å²) in [6.45, 7) is 4.62. The van der Waals surface area contributed by atoms with Gasteiger partial charge in [0, 0.05) is 27.1 Å². The SMILES string of the molecule is CC1(C)C2=C(CCC(c3nc(-c4ccc(-n5c6ccccc6c6cc7ccccc7cc65)c(C#N)c4)c4c(n3)oc3ccccc34)=C2)c2ccccc21. The largest absolute Gasteiger partial charge is 0.438 e. The average molecular weight is 681 g/mol. The van der Waals surface area contributed by atoms with Crippen molar-refractivity contribution >= 4 is 65.8 Å². The van der Waals surface area contributed by atoms with Crippen molar-refractivity contribution in [2.45, 2.75) is 32.1 Å². The van der Waals surface area contributed by atoms with Crippen LogP contribution in [0.5, 0.6) is 0 Å². The van der Waals surface area contributed by atoms with Gasteiger partial charge in [-0.2, -0.15) is 10.2 Å². The average Bonchev–Trinajstić information content (AvgIpc) is 3.81. The van der Waals surface area contributed by atoms with Gasteiger partial charge in [-0.3, -0.25) is 0 Å². The van der Waals surface area contributed by atoms with Gasteiger partial charge in [-0.15, -0.1) is 0 Å². The van der Waals surface area contributed by atoms with Crippen molar-refractivity contribution in [3.63, 3.8) is 0 Å². The van der Waals surface area contributed by atoms with E-state index < -0.39 is 0 Å². The molecule has 3 aromatic heterocycles. The molecule has 0 saturated heterocycles. The van der Waals surface area contributed by atoms with E-state index in [4.69, 9.17) is 14.4 Å². The second-order valence-electron chi connectivity index (χ2n) is 14.8. The zero-order chi connectivity index (χ0) is 35.4. The minimum Gasteiger partial charge on any atom is -0.438 e. The number of hydrogen-bond donors (Lipinski definition) is 0. The summed E-state index contributed by atoms with van der Waals surface area (Å²) in [5, 5.41) is 17.3. The highest BCUT2D eigenvalue weighted by Crippen LogP contribution is 2.52. The summed E-state index contributed by atoms with van der Waals surface area (Å²) in [6, 6.07) is 46.9. The number of benzene rings is 6. The maximum atomic E-state index is 10.8. The summed E-state index contributed by atoms with van der Waals surface area (Å²) in [5.74, 6) is 0.668. The van der Waals surface area contributed by atoms with E-state index in [1.165, 1.54) is 27.7 Å². The number of hydrogen-bond acceptors (Lipinski definition) is 4. The first-order chi connectivity index (χ1) is 26.0. The van der Waals surface area contributed by atoms with E-state index in [0.29, 0.717) is 17.1 Å². The summed E-state index contributed by atoms with van der Waals surface area (Å²) >= 11 is 0. The number of fused-ring (bicyclic) bond motifs is 9. The number of nitrogens with zero attached hydrogens (tertiary/aromatic N) is 4. The molecule has 2 aliphatic rings. The van der Waals surface area contributed by atoms with Crippen molar-refractivity contribution in [1.29, 1.82) is 5.26 Å². The Labute approximate surface area is 305 Å². The molecule has 6 aromatic carbocycles. The molecule has 0 amide bonds. The van der Waals surface area contributed by atoms with Crippen molar-refractivity contribution in [1.82, 2.24) is 14.5 Å². The smallest absolute Gasteiger partial charge is 0.231 e. The van der Waals surface area contributed by atoms with Gasteiger partial charge in [0.05, 0.1) is 33.4 Å². The molecule has 0 aliphatic heterocycles. The van der Waals surface area contributed by atoms with Gasteiger partial charge in [0.2, 0.25) is 5.71 Å². The van der Waals surface area contributed by atoms with Gasteiger partial charge in [-0.1, -0.05) is 111 Å². The van der Waals surface area contributed by atoms with E-state index in [-0.39, 0.29) is 5.41 Å². The van der Waals surface area contributed by atoms with Crippen molar-refractivity contribution in [2.75, 3.05) is 0 Å². The molecule has 0 fully saturated rings. The Balaban J connectivity index is 1.12. The number of rotatable bonds is 3. The van der Waals surface area contributed by atoms with E-state index in [1.54, 1.807) is 0 Å². The Morgan fingerprint density at radius 1 is 0.717 bits per heavy atom. The maximum Gasteiger partial charge on any atom is 0.231 e. The van der Waals surface area contributed by atoms with Crippen LogP contribution < -0.4 is 0 Å². The Kier molecular flexibility index (Phi) is 6.13. The highest BCUT2D eigenvalue weighted by molar-refractivity contribution is 6.14. The lowest BCUT2D eigenvalue weighted by Crippen LogP contribution is -2.17. The fraction of sp³-hybridized carbons (Fsp3) is 0.104. The lowest BCUT2D eigenvalue weighted by molar-refractivity contribution is 0.649. The van der Waals surface area contributed by atoms with Gasteiger partial charge >= 0.3 is 0 Å². The highest BCUT2D eigenvalue weighted by Gasteiger charge is 2.38. The molecule has 5 heteroatoms. The quantitative estimate of drug-likeness (QED) is 0.186. The second kappa shape index (κ2) is 10.9. The first kappa shape index (κ1) is 29.9. The summed E-state index contributed by atoms with van der Waals surface area (Å²) in [6.07, 6.45) is 4.08. The van der Waals surface area contributed by atoms with Gasteiger partial charge in [0.25, 0.3) is 0 Å². The number of para-hydroxylation sites is 2. The number of furan rings is 1. The molecule has 0 saturated carbocycles. The predicted molar refractivity (Wildman–Crippen MR) is 215 cm³/mol. The third-order valence-electron chi connectivity index (χ3n) is 11.6. The topological polar surface area (TPSA) is 67.6 Å². The van der Waals surface area contributed by atoms with Crippen molar-refractivity contribution in [3.8, 4) is 23.0 Å². The summed E-state index contributed by atoms with van der Waals surface area (Å²) in [4.78, 5) is 10.4. The van der Waals surface area contributed by atoms with Crippen LogP contribution in [0.1, 0.15) is 49.2 Å². The predicted octanol–water partition coefficient (Wildman–Crippen LogP) is 12.1. The first-order valence-electron chi connectivity index (χ1n) is 18.2. The molecule has 0 unspecified atom stereocenters. The molecule has 0 N–H and O–H groups in total. The molecule has 0 radical (unpaired) electrons. The van der Waals surface area contributed by atoms with Crippen molar-refractivity contribution in [3.05, 3.63) is 162 Å². The molecular formula is C48H32N4O. The minimum absolute atomic E-state index is 0.111. The van der Waals surface area contributed by atoms with E-state index in [9.17, 15) is 5.26 Å². The van der Waals surface area contributed by atoms with Gasteiger partial charge < -0.3 is 8.98 Å². The zero-order valence-electron chi connectivity index (χ0n) is 29.3. The highest BCUT2D eigenvalue weighted by atomic mass is 16.3. The lowest BCUT2D eigenvalue weighted by atomic mass is 9.79. The third-order valence-corrected chi connectivity index (χ3v) is 11.6. The van der Waals surface area contributed by atoms with E-state index >= 15 is 0 Å². The molecule has 0 atom stereocenters. The van der Waals surface area contributed by atoms with Crippen molar-refractivity contribution in [2.24, 2.45) is 0 Å². The van der Waals surface area contributed by atoms with Crippen LogP contribution in [0.4, 0.5) is 0 Å². The van der Waals surface area contributed by atoms with Crippen LogP contribution in [0.15, 0.2) is 143 Å². The Morgan fingerprint density at radius 2 is 1.47 bits per heavy atom. The number of nitriles is 1. The summed E-state index contributed by atoms with van der Waals surface area (Å²) in [7, 11) is 0. The van der Waals surface area contributed by atoms with Gasteiger partial charge in [0.15, 0.2) is 5.82 Å². The zero-order valence-corrected chi connectivity index (χ0v) is 29.3. The maximum absolute atomic E-state index is 10.8. The minimum atomic E-state index is -0.111. The summed E-state index contributed by atoms with van der Waals surface area (Å²) < 4.78 is 8.66. The molecular weight excluding hydrogens is 649 g/mol. The van der Waals surface area contributed by atoms with Crippen LogP contribution in [0.3, 0.4) is 0 Å². The van der Waals surface area contributed by atoms with Crippen LogP contribution in [0.2, 0.25) is 0 Å². The Morgan fingerprint density at radius 3 is 2.34 bits per heavy atom. The van der Waals surface area contributed by atoms with Crippen LogP contribution in [0, 0.1) is 11.3 Å². The standard InChI is InChI=1S/C48H32N4O/c1-48(2)38-16-8-5-13-33(38)34-21-19-31(25-39(34)48)46-50-45(44-36-15-7-10-18-43(36)53-47(44)51-46)30-20-22-40(32(23-30)27-49)52-41-17-9-6-14-35(41)37-24-28-11-3-4-12-29(28)26-42(37)52/h3-18,20,22-26H,19,21H2,1-2H3. The number of aromatic nitrogens is 3. The van der Waals surface area contributed by atoms with E-state index in [1.807, 2.05) is 24.3 Å². The molecule has 53 heavy (non-hydrogen) atoms. The van der Waals surface area contributed by atoms with Gasteiger partial charge in [-0.05, 0) is 87.9 Å². The monoisotopic (exact) mass is 680 g/mol.